The van der Waals surface area contributed by atoms with Crippen molar-refractivity contribution in [3.8, 4) is 0 Å². The monoisotopic (exact) mass is 460 g/mol. The summed E-state index contributed by atoms with van der Waals surface area (Å²) in [5, 5.41) is 4.01. The first-order valence-electron chi connectivity index (χ1n) is 11.1. The van der Waals surface area contributed by atoms with Gasteiger partial charge in [-0.2, -0.15) is 4.31 Å². The zero-order valence-corrected chi connectivity index (χ0v) is 19.5. The fraction of sp³-hybridized carbons (Fsp3) is 0.308. The lowest BCUT2D eigenvalue weighted by Crippen LogP contribution is -2.52. The van der Waals surface area contributed by atoms with Crippen LogP contribution in [0.2, 0.25) is 0 Å². The summed E-state index contributed by atoms with van der Waals surface area (Å²) in [4.78, 5) is 3.31. The van der Waals surface area contributed by atoms with Gasteiger partial charge in [-0.3, -0.25) is 0 Å². The van der Waals surface area contributed by atoms with Crippen molar-refractivity contribution in [3.05, 3.63) is 112 Å². The molecular formula is C26H28N4O2S. The number of hydrogen-bond donors (Lipinski definition) is 0. The number of piperidine rings is 1. The minimum atomic E-state index is -3.74. The van der Waals surface area contributed by atoms with Gasteiger partial charge >= 0.3 is 0 Å². The minimum Gasteiger partial charge on any atom is -0.207 e. The summed E-state index contributed by atoms with van der Waals surface area (Å²) in [6.45, 7) is 2.48. The molecule has 0 radical (unpaired) electrons. The van der Waals surface area contributed by atoms with E-state index >= 15 is 0 Å². The number of sulfonamides is 1. The van der Waals surface area contributed by atoms with E-state index in [9.17, 15) is 13.9 Å². The average molecular weight is 461 g/mol. The molecule has 0 saturated carbocycles. The summed E-state index contributed by atoms with van der Waals surface area (Å²) in [5.41, 5.74) is 12.1. The van der Waals surface area contributed by atoms with Gasteiger partial charge in [0.15, 0.2) is 0 Å². The van der Waals surface area contributed by atoms with Crippen LogP contribution in [0.25, 0.3) is 10.4 Å². The molecule has 0 aliphatic carbocycles. The van der Waals surface area contributed by atoms with E-state index in [1.807, 2.05) is 55.5 Å². The third-order valence-electron chi connectivity index (χ3n) is 6.31. The maximum absolute atomic E-state index is 13.6. The topological polar surface area (TPSA) is 86.1 Å². The zero-order valence-electron chi connectivity index (χ0n) is 18.7. The largest absolute Gasteiger partial charge is 0.243 e. The van der Waals surface area contributed by atoms with Gasteiger partial charge in [0.25, 0.3) is 0 Å². The molecule has 0 aromatic heterocycles. The van der Waals surface area contributed by atoms with Crippen molar-refractivity contribution in [1.82, 2.24) is 4.31 Å². The molecule has 3 aromatic carbocycles. The third kappa shape index (κ3) is 5.45. The zero-order chi connectivity index (χ0) is 23.3. The van der Waals surface area contributed by atoms with Crippen LogP contribution in [0.5, 0.6) is 0 Å². The molecule has 1 aliphatic rings. The smallest absolute Gasteiger partial charge is 0.207 e. The van der Waals surface area contributed by atoms with Gasteiger partial charge in [0.1, 0.15) is 0 Å². The maximum Gasteiger partial charge on any atom is 0.243 e. The Kier molecular flexibility index (Phi) is 6.84. The van der Waals surface area contributed by atoms with Crippen LogP contribution in [0.15, 0.2) is 94.9 Å². The van der Waals surface area contributed by atoms with Crippen LogP contribution in [-0.4, -0.2) is 31.9 Å². The Bertz CT molecular complexity index is 1180. The van der Waals surface area contributed by atoms with E-state index in [-0.39, 0.29) is 11.4 Å². The van der Waals surface area contributed by atoms with Gasteiger partial charge in [0.2, 0.25) is 10.0 Å². The Balaban J connectivity index is 1.76. The SMILES string of the molecule is Cc1ccc(S(=O)(=O)N2C[C@H](N=[N+]=[N-])CC(Cc3ccccc3)(Cc3ccccc3)C2)cc1. The van der Waals surface area contributed by atoms with Gasteiger partial charge < -0.3 is 0 Å². The summed E-state index contributed by atoms with van der Waals surface area (Å²) in [6.07, 6.45) is 2.01. The van der Waals surface area contributed by atoms with Gasteiger partial charge in [0.05, 0.1) is 10.9 Å². The number of nitrogens with zero attached hydrogens (tertiary/aromatic N) is 4. The number of rotatable bonds is 7. The van der Waals surface area contributed by atoms with Gasteiger partial charge in [-0.1, -0.05) is 83.5 Å². The molecule has 33 heavy (non-hydrogen) atoms. The Labute approximate surface area is 195 Å². The number of aryl methyl sites for hydroxylation is 1. The highest BCUT2D eigenvalue weighted by Gasteiger charge is 2.43. The molecule has 0 unspecified atom stereocenters. The van der Waals surface area contributed by atoms with Crippen molar-refractivity contribution in [2.45, 2.75) is 37.1 Å². The molecule has 3 aromatic rings. The first-order chi connectivity index (χ1) is 15.9. The van der Waals surface area contributed by atoms with Crippen molar-refractivity contribution in [1.29, 1.82) is 0 Å². The molecule has 6 nitrogen and oxygen atoms in total. The highest BCUT2D eigenvalue weighted by Crippen LogP contribution is 2.40. The fourth-order valence-corrected chi connectivity index (χ4v) is 6.46. The van der Waals surface area contributed by atoms with Crippen molar-refractivity contribution >= 4 is 10.0 Å². The van der Waals surface area contributed by atoms with Crippen molar-refractivity contribution in [3.63, 3.8) is 0 Å². The summed E-state index contributed by atoms with van der Waals surface area (Å²) >= 11 is 0. The van der Waals surface area contributed by atoms with Crippen LogP contribution in [0.1, 0.15) is 23.1 Å². The van der Waals surface area contributed by atoms with E-state index in [1.54, 1.807) is 12.1 Å². The predicted octanol–water partition coefficient (Wildman–Crippen LogP) is 5.54. The molecule has 0 N–H and O–H groups in total. The summed E-state index contributed by atoms with van der Waals surface area (Å²) < 4.78 is 28.8. The first-order valence-corrected chi connectivity index (χ1v) is 12.5. The molecule has 4 rings (SSSR count). The van der Waals surface area contributed by atoms with E-state index in [2.05, 4.69) is 34.3 Å². The molecule has 1 saturated heterocycles. The first kappa shape index (κ1) is 23.1. The molecule has 1 heterocycles. The second-order valence-corrected chi connectivity index (χ2v) is 10.9. The van der Waals surface area contributed by atoms with E-state index in [0.29, 0.717) is 25.8 Å². The Morgan fingerprint density at radius 2 is 1.48 bits per heavy atom. The maximum atomic E-state index is 13.6. The van der Waals surface area contributed by atoms with Crippen LogP contribution in [-0.2, 0) is 22.9 Å². The number of azide groups is 1. The van der Waals surface area contributed by atoms with Crippen molar-refractivity contribution < 1.29 is 8.42 Å². The van der Waals surface area contributed by atoms with E-state index < -0.39 is 21.5 Å². The summed E-state index contributed by atoms with van der Waals surface area (Å²) in [6, 6.07) is 26.7. The van der Waals surface area contributed by atoms with Crippen LogP contribution >= 0.6 is 0 Å². The molecule has 0 bridgehead atoms. The second kappa shape index (κ2) is 9.79. The minimum absolute atomic E-state index is 0.186. The Hall–Kier alpha value is -3.12. The third-order valence-corrected chi connectivity index (χ3v) is 8.14. The molecule has 1 atom stereocenters. The molecule has 1 fully saturated rings. The molecule has 0 amide bonds. The van der Waals surface area contributed by atoms with E-state index in [4.69, 9.17) is 0 Å². The number of benzene rings is 3. The lowest BCUT2D eigenvalue weighted by Gasteiger charge is -2.45. The van der Waals surface area contributed by atoms with Gasteiger partial charge in [0, 0.05) is 18.0 Å². The van der Waals surface area contributed by atoms with Crippen molar-refractivity contribution in [2.75, 3.05) is 13.1 Å². The van der Waals surface area contributed by atoms with E-state index in [1.165, 1.54) is 4.31 Å². The molecular weight excluding hydrogens is 432 g/mol. The predicted molar refractivity (Wildman–Crippen MR) is 130 cm³/mol. The Morgan fingerprint density at radius 3 is 2.00 bits per heavy atom. The highest BCUT2D eigenvalue weighted by atomic mass is 32.2. The second-order valence-electron chi connectivity index (χ2n) is 9.00. The average Bonchev–Trinajstić information content (AvgIpc) is 2.80. The van der Waals surface area contributed by atoms with Crippen molar-refractivity contribution in [2.24, 2.45) is 10.5 Å². The lowest BCUT2D eigenvalue weighted by molar-refractivity contribution is 0.127. The Morgan fingerprint density at radius 1 is 0.939 bits per heavy atom. The van der Waals surface area contributed by atoms with Crippen LogP contribution < -0.4 is 0 Å². The molecule has 0 spiro atoms. The summed E-state index contributed by atoms with van der Waals surface area (Å²) in [7, 11) is -3.74. The standard InChI is InChI=1S/C26H28N4O2S/c1-21-12-14-25(15-13-21)33(31,32)30-19-24(28-29-27)18-26(20-30,16-22-8-4-2-5-9-22)17-23-10-6-3-7-11-23/h2-15,24H,16-20H2,1H3/t24-/m1/s1. The van der Waals surface area contributed by atoms with Gasteiger partial charge in [-0.25, -0.2) is 8.42 Å². The molecule has 170 valence electrons. The van der Waals surface area contributed by atoms with Crippen LogP contribution in [0.3, 0.4) is 0 Å². The molecule has 1 aliphatic heterocycles. The van der Waals surface area contributed by atoms with Crippen LogP contribution in [0.4, 0.5) is 0 Å². The molecule has 7 heteroatoms. The number of hydrogen-bond acceptors (Lipinski definition) is 3. The van der Waals surface area contributed by atoms with E-state index in [0.717, 1.165) is 16.7 Å². The lowest BCUT2D eigenvalue weighted by atomic mass is 9.70. The summed E-state index contributed by atoms with van der Waals surface area (Å²) in [5.74, 6) is 0. The normalized spacial score (nSPS) is 18.4. The van der Waals surface area contributed by atoms with Gasteiger partial charge in [-0.15, -0.1) is 0 Å². The highest BCUT2D eigenvalue weighted by molar-refractivity contribution is 7.89. The quantitative estimate of drug-likeness (QED) is 0.263. The van der Waals surface area contributed by atoms with Gasteiger partial charge in [-0.05, 0) is 60.4 Å². The fourth-order valence-electron chi connectivity index (χ4n) is 4.87. The van der Waals surface area contributed by atoms with Crippen LogP contribution in [0, 0.1) is 12.3 Å².